The molecule has 82 valence electrons. The lowest BCUT2D eigenvalue weighted by molar-refractivity contribution is -0.152. The van der Waals surface area contributed by atoms with E-state index >= 15 is 0 Å². The fourth-order valence-electron chi connectivity index (χ4n) is 1.64. The summed E-state index contributed by atoms with van der Waals surface area (Å²) in [6.07, 6.45) is 0.960. The fourth-order valence-corrected chi connectivity index (χ4v) is 1.64. The Balaban J connectivity index is 2.64. The van der Waals surface area contributed by atoms with Crippen molar-refractivity contribution in [1.29, 1.82) is 0 Å². The maximum atomic E-state index is 12.0. The predicted molar refractivity (Wildman–Crippen MR) is 52.9 cm³/mol. The molecule has 1 saturated heterocycles. The summed E-state index contributed by atoms with van der Waals surface area (Å²) >= 11 is 0. The molecule has 1 amide bonds. The van der Waals surface area contributed by atoms with Gasteiger partial charge in [0, 0.05) is 20.2 Å². The van der Waals surface area contributed by atoms with E-state index in [0.29, 0.717) is 25.9 Å². The number of carbonyl (C=O) groups excluding carboxylic acids is 1. The van der Waals surface area contributed by atoms with Gasteiger partial charge in [-0.2, -0.15) is 0 Å². The molecule has 0 aromatic heterocycles. The average molecular weight is 201 g/mol. The van der Waals surface area contributed by atoms with Gasteiger partial charge in [0.05, 0.1) is 6.10 Å². The Labute approximate surface area is 84.8 Å². The van der Waals surface area contributed by atoms with Crippen LogP contribution in [0, 0.1) is 0 Å². The summed E-state index contributed by atoms with van der Waals surface area (Å²) < 4.78 is 5.22. The lowest BCUT2D eigenvalue weighted by Crippen LogP contribution is -2.47. The fraction of sp³-hybridized carbons (Fsp3) is 0.900. The number of hydrogen-bond donors (Lipinski definition) is 1. The van der Waals surface area contributed by atoms with Crippen molar-refractivity contribution >= 4 is 5.91 Å². The number of carbonyl (C=O) groups is 1. The molecule has 4 nitrogen and oxygen atoms in total. The summed E-state index contributed by atoms with van der Waals surface area (Å²) in [5.41, 5.74) is -0.732. The van der Waals surface area contributed by atoms with E-state index in [-0.39, 0.29) is 12.0 Å². The van der Waals surface area contributed by atoms with Crippen LogP contribution in [0.25, 0.3) is 0 Å². The lowest BCUT2D eigenvalue weighted by atomic mass is 10.0. The number of likely N-dealkylation sites (tertiary alicyclic amines) is 1. The van der Waals surface area contributed by atoms with E-state index in [0.717, 1.165) is 0 Å². The third-order valence-corrected chi connectivity index (χ3v) is 3.03. The van der Waals surface area contributed by atoms with E-state index in [2.05, 4.69) is 0 Å². The molecule has 1 aliphatic rings. The van der Waals surface area contributed by atoms with Crippen molar-refractivity contribution < 1.29 is 14.6 Å². The van der Waals surface area contributed by atoms with Crippen molar-refractivity contribution in [2.75, 3.05) is 20.2 Å². The van der Waals surface area contributed by atoms with E-state index in [1.165, 1.54) is 0 Å². The van der Waals surface area contributed by atoms with Gasteiger partial charge in [-0.25, -0.2) is 0 Å². The van der Waals surface area contributed by atoms with Gasteiger partial charge in [0.1, 0.15) is 5.60 Å². The molecule has 0 spiro atoms. The Morgan fingerprint density at radius 2 is 2.36 bits per heavy atom. The molecule has 0 bridgehead atoms. The monoisotopic (exact) mass is 201 g/mol. The Morgan fingerprint density at radius 1 is 1.71 bits per heavy atom. The molecule has 1 fully saturated rings. The van der Waals surface area contributed by atoms with Gasteiger partial charge in [-0.05, 0) is 19.8 Å². The molecule has 0 saturated carbocycles. The largest absolute Gasteiger partial charge is 0.391 e. The quantitative estimate of drug-likeness (QED) is 0.719. The summed E-state index contributed by atoms with van der Waals surface area (Å²) in [7, 11) is 1.55. The molecule has 1 aliphatic heterocycles. The number of aliphatic hydroxyl groups excluding tert-OH is 1. The summed E-state index contributed by atoms with van der Waals surface area (Å²) in [5.74, 6) is -0.0148. The molecule has 1 rings (SSSR count). The zero-order chi connectivity index (χ0) is 10.8. The van der Waals surface area contributed by atoms with Crippen LogP contribution in [-0.4, -0.2) is 47.8 Å². The van der Waals surface area contributed by atoms with Crippen LogP contribution in [0.3, 0.4) is 0 Å². The van der Waals surface area contributed by atoms with E-state index < -0.39 is 5.60 Å². The van der Waals surface area contributed by atoms with Crippen LogP contribution in [-0.2, 0) is 9.53 Å². The molecular formula is C10H19NO3. The minimum absolute atomic E-state index is 0.0148. The lowest BCUT2D eigenvalue weighted by Gasteiger charge is -2.30. The summed E-state index contributed by atoms with van der Waals surface area (Å²) in [6, 6.07) is 0. The smallest absolute Gasteiger partial charge is 0.254 e. The normalized spacial score (nSPS) is 26.3. The van der Waals surface area contributed by atoms with Gasteiger partial charge >= 0.3 is 0 Å². The number of nitrogens with zero attached hydrogens (tertiary/aromatic N) is 1. The first-order valence-corrected chi connectivity index (χ1v) is 5.06. The SMILES string of the molecule is CCC(C)(OC)C(=O)N1CCC(O)C1. The van der Waals surface area contributed by atoms with Crippen molar-refractivity contribution in [3.8, 4) is 0 Å². The van der Waals surface area contributed by atoms with Crippen LogP contribution in [0.1, 0.15) is 26.7 Å². The van der Waals surface area contributed by atoms with Gasteiger partial charge in [-0.15, -0.1) is 0 Å². The Morgan fingerprint density at radius 3 is 2.71 bits per heavy atom. The first-order valence-electron chi connectivity index (χ1n) is 5.06. The standard InChI is InChI=1S/C10H19NO3/c1-4-10(2,14-3)9(13)11-6-5-8(12)7-11/h8,12H,4-7H2,1-3H3. The zero-order valence-electron chi connectivity index (χ0n) is 9.12. The minimum Gasteiger partial charge on any atom is -0.391 e. The second-order valence-electron chi connectivity index (χ2n) is 3.98. The molecule has 1 heterocycles. The van der Waals surface area contributed by atoms with Crippen molar-refractivity contribution in [3.63, 3.8) is 0 Å². The van der Waals surface area contributed by atoms with Gasteiger partial charge in [0.25, 0.3) is 5.91 Å². The van der Waals surface area contributed by atoms with Crippen LogP contribution in [0.15, 0.2) is 0 Å². The number of β-amino-alcohol motifs (C(OH)–C–C–N with tert-alkyl or cyclic N) is 1. The second-order valence-corrected chi connectivity index (χ2v) is 3.98. The maximum absolute atomic E-state index is 12.0. The number of methoxy groups -OCH3 is 1. The Hall–Kier alpha value is -0.610. The second kappa shape index (κ2) is 4.28. The Bertz CT molecular complexity index is 213. The van der Waals surface area contributed by atoms with E-state index in [1.54, 1.807) is 18.9 Å². The van der Waals surface area contributed by atoms with Crippen LogP contribution >= 0.6 is 0 Å². The number of rotatable bonds is 3. The Kier molecular flexibility index (Phi) is 3.50. The molecule has 0 aromatic rings. The van der Waals surface area contributed by atoms with Gasteiger partial charge in [-0.3, -0.25) is 4.79 Å². The third kappa shape index (κ3) is 2.07. The summed E-state index contributed by atoms with van der Waals surface area (Å²) in [6.45, 7) is 4.80. The highest BCUT2D eigenvalue weighted by atomic mass is 16.5. The van der Waals surface area contributed by atoms with E-state index in [4.69, 9.17) is 4.74 Å². The maximum Gasteiger partial charge on any atom is 0.254 e. The summed E-state index contributed by atoms with van der Waals surface area (Å²) in [5, 5.41) is 9.32. The number of hydrogen-bond acceptors (Lipinski definition) is 3. The van der Waals surface area contributed by atoms with E-state index in [9.17, 15) is 9.90 Å². The molecule has 0 aliphatic carbocycles. The first kappa shape index (κ1) is 11.5. The van der Waals surface area contributed by atoms with Crippen LogP contribution < -0.4 is 0 Å². The molecule has 4 heteroatoms. The van der Waals surface area contributed by atoms with Crippen molar-refractivity contribution in [2.45, 2.75) is 38.4 Å². The van der Waals surface area contributed by atoms with Crippen LogP contribution in [0.2, 0.25) is 0 Å². The van der Waals surface area contributed by atoms with Gasteiger partial charge < -0.3 is 14.7 Å². The van der Waals surface area contributed by atoms with Gasteiger partial charge in [-0.1, -0.05) is 6.92 Å². The molecular weight excluding hydrogens is 182 g/mol. The topological polar surface area (TPSA) is 49.8 Å². The minimum atomic E-state index is -0.732. The van der Waals surface area contributed by atoms with Gasteiger partial charge in [0.2, 0.25) is 0 Å². The number of ether oxygens (including phenoxy) is 1. The zero-order valence-corrected chi connectivity index (χ0v) is 9.12. The first-order chi connectivity index (χ1) is 6.53. The van der Waals surface area contributed by atoms with Crippen molar-refractivity contribution in [2.24, 2.45) is 0 Å². The molecule has 2 unspecified atom stereocenters. The molecule has 1 N–H and O–H groups in total. The van der Waals surface area contributed by atoms with Crippen molar-refractivity contribution in [1.82, 2.24) is 4.90 Å². The summed E-state index contributed by atoms with van der Waals surface area (Å²) in [4.78, 5) is 13.6. The average Bonchev–Trinajstić information content (AvgIpc) is 2.62. The third-order valence-electron chi connectivity index (χ3n) is 3.03. The molecule has 0 aromatic carbocycles. The van der Waals surface area contributed by atoms with Gasteiger partial charge in [0.15, 0.2) is 0 Å². The molecule has 0 radical (unpaired) electrons. The highest BCUT2D eigenvalue weighted by Gasteiger charge is 2.37. The molecule has 2 atom stereocenters. The highest BCUT2D eigenvalue weighted by molar-refractivity contribution is 5.85. The number of aliphatic hydroxyl groups is 1. The van der Waals surface area contributed by atoms with Crippen LogP contribution in [0.5, 0.6) is 0 Å². The predicted octanol–water partition coefficient (Wildman–Crippen LogP) is 0.395. The van der Waals surface area contributed by atoms with Crippen LogP contribution in [0.4, 0.5) is 0 Å². The number of amides is 1. The molecule has 14 heavy (non-hydrogen) atoms. The highest BCUT2D eigenvalue weighted by Crippen LogP contribution is 2.20. The van der Waals surface area contributed by atoms with E-state index in [1.807, 2.05) is 6.92 Å². The van der Waals surface area contributed by atoms with Crippen molar-refractivity contribution in [3.05, 3.63) is 0 Å².